The zero-order chi connectivity index (χ0) is 8.97. The van der Waals surface area contributed by atoms with Crippen molar-refractivity contribution in [1.29, 1.82) is 5.41 Å². The second-order valence-electron chi connectivity index (χ2n) is 3.01. The highest BCUT2D eigenvalue weighted by molar-refractivity contribution is 5.97. The monoisotopic (exact) mass is 160 g/mol. The molecule has 0 aliphatic heterocycles. The SMILES string of the molecule is CCCC(=N)c1[c]ccc(C)c1. The molecule has 1 N–H and O–H groups in total. The highest BCUT2D eigenvalue weighted by atomic mass is 14.4. The average molecular weight is 160 g/mol. The summed E-state index contributed by atoms with van der Waals surface area (Å²) in [4.78, 5) is 0. The molecule has 0 saturated carbocycles. The van der Waals surface area contributed by atoms with Crippen molar-refractivity contribution in [1.82, 2.24) is 0 Å². The third kappa shape index (κ3) is 2.19. The molecule has 0 bridgehead atoms. The van der Waals surface area contributed by atoms with Gasteiger partial charge in [0.25, 0.3) is 0 Å². The minimum atomic E-state index is 0.696. The fourth-order valence-corrected chi connectivity index (χ4v) is 1.14. The molecule has 1 aromatic rings. The first-order chi connectivity index (χ1) is 5.74. The highest BCUT2D eigenvalue weighted by Crippen LogP contribution is 2.06. The van der Waals surface area contributed by atoms with Crippen LogP contribution in [0.1, 0.15) is 30.9 Å². The molecule has 0 atom stereocenters. The van der Waals surface area contributed by atoms with E-state index < -0.39 is 0 Å². The molecular formula is C11H14N. The lowest BCUT2D eigenvalue weighted by molar-refractivity contribution is 0.986. The van der Waals surface area contributed by atoms with E-state index in [9.17, 15) is 0 Å². The van der Waals surface area contributed by atoms with Gasteiger partial charge in [-0.2, -0.15) is 0 Å². The zero-order valence-electron chi connectivity index (χ0n) is 7.65. The molecule has 1 aromatic carbocycles. The van der Waals surface area contributed by atoms with Gasteiger partial charge in [0.2, 0.25) is 0 Å². The highest BCUT2D eigenvalue weighted by Gasteiger charge is 1.99. The second-order valence-corrected chi connectivity index (χ2v) is 3.01. The lowest BCUT2D eigenvalue weighted by atomic mass is 10.0. The number of nitrogens with one attached hydrogen (secondary N) is 1. The van der Waals surface area contributed by atoms with Gasteiger partial charge >= 0.3 is 0 Å². The van der Waals surface area contributed by atoms with Crippen LogP contribution in [0.25, 0.3) is 0 Å². The van der Waals surface area contributed by atoms with Crippen LogP contribution < -0.4 is 0 Å². The van der Waals surface area contributed by atoms with Crippen molar-refractivity contribution in [3.8, 4) is 0 Å². The molecule has 1 radical (unpaired) electrons. The largest absolute Gasteiger partial charge is 0.305 e. The Bertz CT molecular complexity index is 276. The Morgan fingerprint density at radius 2 is 2.33 bits per heavy atom. The van der Waals surface area contributed by atoms with E-state index in [-0.39, 0.29) is 0 Å². The minimum absolute atomic E-state index is 0.696. The third-order valence-electron chi connectivity index (χ3n) is 1.78. The van der Waals surface area contributed by atoms with E-state index in [2.05, 4.69) is 13.0 Å². The second kappa shape index (κ2) is 4.05. The quantitative estimate of drug-likeness (QED) is 0.657. The summed E-state index contributed by atoms with van der Waals surface area (Å²) in [6.45, 7) is 4.13. The topological polar surface area (TPSA) is 23.9 Å². The van der Waals surface area contributed by atoms with Crippen molar-refractivity contribution in [3.05, 3.63) is 35.4 Å². The van der Waals surface area contributed by atoms with Gasteiger partial charge in [0.1, 0.15) is 0 Å². The summed E-state index contributed by atoms with van der Waals surface area (Å²) in [5, 5.41) is 7.70. The lowest BCUT2D eigenvalue weighted by Crippen LogP contribution is -1.98. The fraction of sp³-hybridized carbons (Fsp3) is 0.364. The summed E-state index contributed by atoms with van der Waals surface area (Å²) in [5.41, 5.74) is 2.84. The van der Waals surface area contributed by atoms with Crippen LogP contribution in [0, 0.1) is 18.4 Å². The Morgan fingerprint density at radius 1 is 1.58 bits per heavy atom. The lowest BCUT2D eigenvalue weighted by Gasteiger charge is -2.01. The zero-order valence-corrected chi connectivity index (χ0v) is 7.65. The molecule has 1 heteroatoms. The molecule has 12 heavy (non-hydrogen) atoms. The maximum Gasteiger partial charge on any atom is 0.0392 e. The number of hydrogen-bond donors (Lipinski definition) is 1. The molecular weight excluding hydrogens is 146 g/mol. The van der Waals surface area contributed by atoms with Gasteiger partial charge in [-0.1, -0.05) is 31.0 Å². The van der Waals surface area contributed by atoms with Crippen molar-refractivity contribution >= 4 is 5.71 Å². The van der Waals surface area contributed by atoms with Gasteiger partial charge in [-0.25, -0.2) is 0 Å². The van der Waals surface area contributed by atoms with Crippen LogP contribution in [0.15, 0.2) is 18.2 Å². The van der Waals surface area contributed by atoms with Crippen LogP contribution >= 0.6 is 0 Å². The summed E-state index contributed by atoms with van der Waals surface area (Å²) in [7, 11) is 0. The summed E-state index contributed by atoms with van der Waals surface area (Å²) >= 11 is 0. The van der Waals surface area contributed by atoms with E-state index in [0.29, 0.717) is 5.71 Å². The molecule has 1 nitrogen and oxygen atoms in total. The van der Waals surface area contributed by atoms with Crippen molar-refractivity contribution in [2.24, 2.45) is 0 Å². The first-order valence-electron chi connectivity index (χ1n) is 4.30. The van der Waals surface area contributed by atoms with E-state index in [4.69, 9.17) is 5.41 Å². The molecule has 0 unspecified atom stereocenters. The number of benzene rings is 1. The van der Waals surface area contributed by atoms with Crippen LogP contribution in [0.3, 0.4) is 0 Å². The Balaban J connectivity index is 2.81. The van der Waals surface area contributed by atoms with E-state index in [1.807, 2.05) is 25.1 Å². The number of aryl methyl sites for hydroxylation is 1. The van der Waals surface area contributed by atoms with Crippen molar-refractivity contribution in [3.63, 3.8) is 0 Å². The third-order valence-corrected chi connectivity index (χ3v) is 1.78. The van der Waals surface area contributed by atoms with Gasteiger partial charge in [0, 0.05) is 11.3 Å². The van der Waals surface area contributed by atoms with E-state index in [0.717, 1.165) is 18.4 Å². The molecule has 0 saturated heterocycles. The van der Waals surface area contributed by atoms with Gasteiger partial charge in [-0.05, 0) is 25.5 Å². The first-order valence-corrected chi connectivity index (χ1v) is 4.30. The van der Waals surface area contributed by atoms with Crippen LogP contribution in [0.2, 0.25) is 0 Å². The summed E-state index contributed by atoms with van der Waals surface area (Å²) in [6, 6.07) is 8.97. The Hall–Kier alpha value is -1.11. The summed E-state index contributed by atoms with van der Waals surface area (Å²) in [5.74, 6) is 0. The van der Waals surface area contributed by atoms with Crippen LogP contribution in [0.5, 0.6) is 0 Å². The predicted octanol–water partition coefficient (Wildman–Crippen LogP) is 2.96. The molecule has 0 aliphatic carbocycles. The molecule has 0 aromatic heterocycles. The van der Waals surface area contributed by atoms with E-state index >= 15 is 0 Å². The molecule has 0 fully saturated rings. The van der Waals surface area contributed by atoms with Crippen molar-refractivity contribution < 1.29 is 0 Å². The first kappa shape index (κ1) is 8.98. The summed E-state index contributed by atoms with van der Waals surface area (Å²) < 4.78 is 0. The van der Waals surface area contributed by atoms with Gasteiger partial charge in [0.05, 0.1) is 0 Å². The van der Waals surface area contributed by atoms with Crippen molar-refractivity contribution in [2.75, 3.05) is 0 Å². The van der Waals surface area contributed by atoms with Crippen LogP contribution in [-0.2, 0) is 0 Å². The van der Waals surface area contributed by atoms with Crippen molar-refractivity contribution in [2.45, 2.75) is 26.7 Å². The molecule has 0 aliphatic rings. The fourth-order valence-electron chi connectivity index (χ4n) is 1.14. The molecule has 1 rings (SSSR count). The maximum atomic E-state index is 7.70. The van der Waals surface area contributed by atoms with Gasteiger partial charge in [-0.3, -0.25) is 0 Å². The Kier molecular flexibility index (Phi) is 3.03. The molecule has 0 amide bonds. The van der Waals surface area contributed by atoms with E-state index in [1.165, 1.54) is 5.56 Å². The maximum absolute atomic E-state index is 7.70. The molecule has 0 spiro atoms. The minimum Gasteiger partial charge on any atom is -0.305 e. The van der Waals surface area contributed by atoms with Gasteiger partial charge in [0.15, 0.2) is 0 Å². The standard InChI is InChI=1S/C11H14N/c1-3-5-11(12)10-7-4-6-9(2)8-10/h4,6,8,12H,3,5H2,1-2H3. The number of hydrogen-bond acceptors (Lipinski definition) is 1. The molecule has 0 heterocycles. The van der Waals surface area contributed by atoms with Gasteiger partial charge in [-0.15, -0.1) is 0 Å². The number of rotatable bonds is 3. The molecule has 63 valence electrons. The van der Waals surface area contributed by atoms with E-state index in [1.54, 1.807) is 0 Å². The normalized spacial score (nSPS) is 9.83. The average Bonchev–Trinajstić information content (AvgIpc) is 2.05. The Morgan fingerprint density at radius 3 is 2.92 bits per heavy atom. The Labute approximate surface area is 73.9 Å². The van der Waals surface area contributed by atoms with Crippen LogP contribution in [0.4, 0.5) is 0 Å². The smallest absolute Gasteiger partial charge is 0.0392 e. The predicted molar refractivity (Wildman–Crippen MR) is 51.8 cm³/mol. The summed E-state index contributed by atoms with van der Waals surface area (Å²) in [6.07, 6.45) is 1.88. The van der Waals surface area contributed by atoms with Gasteiger partial charge < -0.3 is 5.41 Å². The van der Waals surface area contributed by atoms with Crippen LogP contribution in [-0.4, -0.2) is 5.71 Å².